The number of thioether (sulfide) groups is 2. The number of rotatable bonds is 7. The monoisotopic (exact) mass is 276 g/mol. The van der Waals surface area contributed by atoms with Gasteiger partial charge in [-0.2, -0.15) is 0 Å². The summed E-state index contributed by atoms with van der Waals surface area (Å²) in [5, 5.41) is 0. The Kier molecular flexibility index (Phi) is 7.30. The van der Waals surface area contributed by atoms with Crippen LogP contribution in [0, 0.1) is 0 Å². The van der Waals surface area contributed by atoms with Gasteiger partial charge >= 0.3 is 0 Å². The molecule has 0 heterocycles. The van der Waals surface area contributed by atoms with Gasteiger partial charge in [0, 0.05) is 10.6 Å². The molecule has 0 N–H and O–H groups in total. The summed E-state index contributed by atoms with van der Waals surface area (Å²) in [4.78, 5) is 12.7. The van der Waals surface area contributed by atoms with E-state index in [0.29, 0.717) is 0 Å². The minimum Gasteiger partial charge on any atom is -0.299 e. The van der Waals surface area contributed by atoms with Crippen LogP contribution >= 0.6 is 23.5 Å². The molecule has 3 heteroatoms. The van der Waals surface area contributed by atoms with E-state index in [-0.39, 0.29) is 0 Å². The van der Waals surface area contributed by atoms with Gasteiger partial charge in [-0.15, -0.1) is 23.5 Å². The van der Waals surface area contributed by atoms with Crippen LogP contribution in [0.15, 0.2) is 58.9 Å². The molecule has 1 nitrogen and oxygen atoms in total. The second-order valence-electron chi connectivity index (χ2n) is 3.43. The van der Waals surface area contributed by atoms with E-state index >= 15 is 0 Å². The molecule has 0 radical (unpaired) electrons. The Morgan fingerprint density at radius 1 is 1.33 bits per heavy atom. The van der Waals surface area contributed by atoms with Crippen molar-refractivity contribution in [1.82, 2.24) is 0 Å². The van der Waals surface area contributed by atoms with Crippen LogP contribution in [0.1, 0.15) is 5.56 Å². The molecule has 0 spiro atoms. The zero-order valence-corrected chi connectivity index (χ0v) is 12.0. The Balaban J connectivity index is 2.58. The Morgan fingerprint density at radius 2 is 2.06 bits per heavy atom. The molecular formula is C15H16OS2. The van der Waals surface area contributed by atoms with Crippen LogP contribution in [0.4, 0.5) is 0 Å². The van der Waals surface area contributed by atoms with Crippen LogP contribution in [0.2, 0.25) is 0 Å². The lowest BCUT2D eigenvalue weighted by Gasteiger charge is -2.04. The van der Waals surface area contributed by atoms with Gasteiger partial charge in [0.15, 0.2) is 0 Å². The first-order valence-electron chi connectivity index (χ1n) is 5.50. The number of hydrogen-bond donors (Lipinski definition) is 0. The Hall–Kier alpha value is -1.19. The highest BCUT2D eigenvalue weighted by Gasteiger charge is 1.97. The SMILES string of the molecule is C=C/C=C(/CSc1ccc(/C=C/C=O)cc1)SC. The average Bonchev–Trinajstić information content (AvgIpc) is 2.42. The molecule has 0 aliphatic carbocycles. The molecule has 0 unspecified atom stereocenters. The first-order valence-corrected chi connectivity index (χ1v) is 7.71. The van der Waals surface area contributed by atoms with Gasteiger partial charge in [0.1, 0.15) is 6.29 Å². The summed E-state index contributed by atoms with van der Waals surface area (Å²) in [7, 11) is 0. The van der Waals surface area contributed by atoms with Crippen LogP contribution in [-0.2, 0) is 4.79 Å². The van der Waals surface area contributed by atoms with Crippen LogP contribution in [0.5, 0.6) is 0 Å². The third kappa shape index (κ3) is 5.43. The number of aldehydes is 1. The van der Waals surface area contributed by atoms with E-state index in [0.717, 1.165) is 17.6 Å². The van der Waals surface area contributed by atoms with Gasteiger partial charge in [0.25, 0.3) is 0 Å². The molecule has 0 aliphatic rings. The highest BCUT2D eigenvalue weighted by atomic mass is 32.2. The van der Waals surface area contributed by atoms with Gasteiger partial charge in [-0.1, -0.05) is 36.9 Å². The van der Waals surface area contributed by atoms with Gasteiger partial charge in [0.05, 0.1) is 0 Å². The summed E-state index contributed by atoms with van der Waals surface area (Å²) < 4.78 is 0. The van der Waals surface area contributed by atoms with Gasteiger partial charge in [-0.05, 0) is 34.9 Å². The molecule has 0 atom stereocenters. The third-order valence-corrected chi connectivity index (χ3v) is 4.24. The fourth-order valence-electron chi connectivity index (χ4n) is 1.29. The van der Waals surface area contributed by atoms with Crippen LogP contribution < -0.4 is 0 Å². The lowest BCUT2D eigenvalue weighted by molar-refractivity contribution is -0.104. The maximum Gasteiger partial charge on any atom is 0.142 e. The van der Waals surface area contributed by atoms with E-state index in [9.17, 15) is 4.79 Å². The van der Waals surface area contributed by atoms with E-state index < -0.39 is 0 Å². The van der Waals surface area contributed by atoms with Crippen LogP contribution in [0.3, 0.4) is 0 Å². The molecule has 1 aromatic rings. The normalized spacial score (nSPS) is 11.7. The van der Waals surface area contributed by atoms with Crippen molar-refractivity contribution in [2.75, 3.05) is 12.0 Å². The molecule has 1 rings (SSSR count). The molecule has 94 valence electrons. The largest absolute Gasteiger partial charge is 0.299 e. The van der Waals surface area contributed by atoms with Crippen molar-refractivity contribution in [2.45, 2.75) is 4.90 Å². The van der Waals surface area contributed by atoms with E-state index in [1.807, 2.05) is 24.3 Å². The summed E-state index contributed by atoms with van der Waals surface area (Å²) in [5.41, 5.74) is 1.04. The predicted octanol–water partition coefficient (Wildman–Crippen LogP) is 4.42. The number of carbonyl (C=O) groups excluding carboxylic acids is 1. The molecule has 0 bridgehead atoms. The second-order valence-corrected chi connectivity index (χ2v) is 5.41. The van der Waals surface area contributed by atoms with Crippen LogP contribution in [0.25, 0.3) is 6.08 Å². The summed E-state index contributed by atoms with van der Waals surface area (Å²) >= 11 is 3.54. The lowest BCUT2D eigenvalue weighted by atomic mass is 10.2. The Morgan fingerprint density at radius 3 is 2.61 bits per heavy atom. The second kappa shape index (κ2) is 8.84. The Bertz CT molecular complexity index is 444. The highest BCUT2D eigenvalue weighted by molar-refractivity contribution is 8.05. The zero-order chi connectivity index (χ0) is 13.2. The molecule has 18 heavy (non-hydrogen) atoms. The molecule has 0 fully saturated rings. The van der Waals surface area contributed by atoms with E-state index in [2.05, 4.69) is 25.0 Å². The van der Waals surface area contributed by atoms with Crippen LogP contribution in [-0.4, -0.2) is 18.3 Å². The van der Waals surface area contributed by atoms with Gasteiger partial charge in [-0.25, -0.2) is 0 Å². The molecule has 1 aromatic carbocycles. The first-order chi connectivity index (χ1) is 8.80. The van der Waals surface area contributed by atoms with Gasteiger partial charge in [-0.3, -0.25) is 4.79 Å². The number of allylic oxidation sites excluding steroid dienone is 3. The predicted molar refractivity (Wildman–Crippen MR) is 84.1 cm³/mol. The fraction of sp³-hybridized carbons (Fsp3) is 0.133. The Labute approximate surface area is 117 Å². The van der Waals surface area contributed by atoms with E-state index in [1.54, 1.807) is 29.6 Å². The third-order valence-electron chi connectivity index (χ3n) is 2.19. The zero-order valence-electron chi connectivity index (χ0n) is 10.3. The van der Waals surface area contributed by atoms with Crippen molar-refractivity contribution < 1.29 is 4.79 Å². The molecule has 0 aliphatic heterocycles. The van der Waals surface area contributed by atoms with Gasteiger partial charge < -0.3 is 0 Å². The molecule has 0 amide bonds. The van der Waals surface area contributed by atoms with Crippen molar-refractivity contribution in [2.24, 2.45) is 0 Å². The quantitative estimate of drug-likeness (QED) is 0.317. The molecule has 0 aromatic heterocycles. The van der Waals surface area contributed by atoms with Crippen molar-refractivity contribution in [3.05, 3.63) is 59.5 Å². The minimum absolute atomic E-state index is 0.785. The topological polar surface area (TPSA) is 17.1 Å². The molecule has 0 saturated carbocycles. The average molecular weight is 276 g/mol. The van der Waals surface area contributed by atoms with E-state index in [4.69, 9.17) is 0 Å². The minimum atomic E-state index is 0.785. The highest BCUT2D eigenvalue weighted by Crippen LogP contribution is 2.25. The standard InChI is InChI=1S/C15H16OS2/c1-3-5-15(17-2)12-18-14-9-7-13(8-10-14)6-4-11-16/h3-11H,1,12H2,2H3/b6-4+,15-5-. The lowest BCUT2D eigenvalue weighted by Crippen LogP contribution is -1.82. The summed E-state index contributed by atoms with van der Waals surface area (Å²) in [6.07, 6.45) is 10.0. The number of carbonyl (C=O) groups is 1. The van der Waals surface area contributed by atoms with Crippen molar-refractivity contribution >= 4 is 35.9 Å². The van der Waals surface area contributed by atoms with E-state index in [1.165, 1.54) is 15.9 Å². The first kappa shape index (κ1) is 14.9. The maximum absolute atomic E-state index is 10.2. The molecule has 0 saturated heterocycles. The smallest absolute Gasteiger partial charge is 0.142 e. The number of hydrogen-bond acceptors (Lipinski definition) is 3. The van der Waals surface area contributed by atoms with Gasteiger partial charge in [0.2, 0.25) is 0 Å². The van der Waals surface area contributed by atoms with Crippen molar-refractivity contribution in [3.63, 3.8) is 0 Å². The van der Waals surface area contributed by atoms with Crippen molar-refractivity contribution in [1.29, 1.82) is 0 Å². The maximum atomic E-state index is 10.2. The fourth-order valence-corrected chi connectivity index (χ4v) is 2.90. The summed E-state index contributed by atoms with van der Waals surface area (Å²) in [6, 6.07) is 8.17. The molecular weight excluding hydrogens is 260 g/mol. The summed E-state index contributed by atoms with van der Waals surface area (Å²) in [6.45, 7) is 3.71. The summed E-state index contributed by atoms with van der Waals surface area (Å²) in [5.74, 6) is 0.955. The number of benzene rings is 1. The van der Waals surface area contributed by atoms with Crippen molar-refractivity contribution in [3.8, 4) is 0 Å².